The molecule has 1 heterocycles. The molecule has 18 heavy (non-hydrogen) atoms. The van der Waals surface area contributed by atoms with Gasteiger partial charge in [0.25, 0.3) is 0 Å². The van der Waals surface area contributed by atoms with Gasteiger partial charge in [-0.25, -0.2) is 4.79 Å². The van der Waals surface area contributed by atoms with Crippen LogP contribution in [-0.4, -0.2) is 10.9 Å². The number of benzene rings is 1. The number of hydrogen-bond acceptors (Lipinski definition) is 4. The van der Waals surface area contributed by atoms with E-state index in [1.54, 1.807) is 12.1 Å². The van der Waals surface area contributed by atoms with Gasteiger partial charge >= 0.3 is 5.63 Å². The molecule has 94 valence electrons. The maximum absolute atomic E-state index is 11.9. The van der Waals surface area contributed by atoms with Gasteiger partial charge in [0.05, 0.1) is 5.56 Å². The molecule has 0 atom stereocenters. The number of fused-ring (bicyclic) bond motifs is 1. The molecular formula is C14H14O4. The molecule has 1 aromatic carbocycles. The van der Waals surface area contributed by atoms with E-state index in [4.69, 9.17) is 4.42 Å². The summed E-state index contributed by atoms with van der Waals surface area (Å²) in [6.45, 7) is 3.88. The van der Waals surface area contributed by atoms with Gasteiger partial charge in [0, 0.05) is 23.9 Å². The fraction of sp³-hybridized carbons (Fsp3) is 0.286. The van der Waals surface area contributed by atoms with Crippen molar-refractivity contribution >= 4 is 16.8 Å². The predicted molar refractivity (Wildman–Crippen MR) is 67.9 cm³/mol. The van der Waals surface area contributed by atoms with E-state index < -0.39 is 5.63 Å². The summed E-state index contributed by atoms with van der Waals surface area (Å²) in [6.07, 6.45) is 0.371. The zero-order chi connectivity index (χ0) is 13.3. The van der Waals surface area contributed by atoms with Crippen molar-refractivity contribution in [3.8, 4) is 5.75 Å². The molecule has 0 saturated heterocycles. The number of phenolic OH excluding ortho intramolecular Hbond substituents is 1. The average molecular weight is 246 g/mol. The number of rotatable bonds is 3. The largest absolute Gasteiger partial charge is 0.507 e. The molecule has 4 nitrogen and oxygen atoms in total. The molecule has 2 aromatic rings. The Kier molecular flexibility index (Phi) is 3.19. The van der Waals surface area contributed by atoms with Gasteiger partial charge in [-0.1, -0.05) is 13.8 Å². The van der Waals surface area contributed by atoms with Crippen LogP contribution in [0.4, 0.5) is 0 Å². The minimum absolute atomic E-state index is 0.115. The average Bonchev–Trinajstić information content (AvgIpc) is 2.26. The van der Waals surface area contributed by atoms with Crippen LogP contribution in [0.15, 0.2) is 33.5 Å². The van der Waals surface area contributed by atoms with Crippen LogP contribution in [0, 0.1) is 5.92 Å². The Morgan fingerprint density at radius 2 is 2.06 bits per heavy atom. The minimum Gasteiger partial charge on any atom is -0.507 e. The van der Waals surface area contributed by atoms with Crippen LogP contribution in [0.1, 0.15) is 30.6 Å². The van der Waals surface area contributed by atoms with E-state index in [0.29, 0.717) is 11.8 Å². The summed E-state index contributed by atoms with van der Waals surface area (Å²) in [7, 11) is 0. The third-order valence-corrected chi connectivity index (χ3v) is 2.63. The maximum atomic E-state index is 11.9. The number of ketones is 1. The third kappa shape index (κ3) is 2.42. The first kappa shape index (κ1) is 12.4. The van der Waals surface area contributed by atoms with Crippen LogP contribution >= 0.6 is 0 Å². The van der Waals surface area contributed by atoms with Crippen molar-refractivity contribution < 1.29 is 14.3 Å². The van der Waals surface area contributed by atoms with E-state index in [2.05, 4.69) is 0 Å². The normalized spacial score (nSPS) is 11.1. The fourth-order valence-corrected chi connectivity index (χ4v) is 1.81. The van der Waals surface area contributed by atoms with Gasteiger partial charge in [0.1, 0.15) is 11.3 Å². The molecule has 1 N–H and O–H groups in total. The highest BCUT2D eigenvalue weighted by Gasteiger charge is 2.14. The summed E-state index contributed by atoms with van der Waals surface area (Å²) in [5, 5.41) is 10.4. The first-order valence-corrected chi connectivity index (χ1v) is 5.77. The van der Waals surface area contributed by atoms with Crippen molar-refractivity contribution in [3.63, 3.8) is 0 Å². The molecule has 1 aromatic heterocycles. The molecule has 0 aliphatic rings. The molecule has 0 aliphatic heterocycles. The molecular weight excluding hydrogens is 232 g/mol. The Morgan fingerprint density at radius 3 is 2.72 bits per heavy atom. The second-order valence-electron chi connectivity index (χ2n) is 4.68. The topological polar surface area (TPSA) is 67.5 Å². The molecule has 0 unspecified atom stereocenters. The highest BCUT2D eigenvalue weighted by molar-refractivity contribution is 6.01. The van der Waals surface area contributed by atoms with E-state index >= 15 is 0 Å². The van der Waals surface area contributed by atoms with Crippen molar-refractivity contribution in [2.75, 3.05) is 0 Å². The van der Waals surface area contributed by atoms with Gasteiger partial charge in [-0.2, -0.15) is 0 Å². The lowest BCUT2D eigenvalue weighted by Gasteiger charge is -2.07. The summed E-state index contributed by atoms with van der Waals surface area (Å²) in [4.78, 5) is 23.0. The number of hydrogen-bond donors (Lipinski definition) is 1. The highest BCUT2D eigenvalue weighted by atomic mass is 16.4. The minimum atomic E-state index is -0.483. The number of aromatic hydroxyl groups is 1. The zero-order valence-corrected chi connectivity index (χ0v) is 10.3. The van der Waals surface area contributed by atoms with Gasteiger partial charge in [0.2, 0.25) is 0 Å². The Hall–Kier alpha value is -2.10. The SMILES string of the molecule is CC(C)CC(=O)c1cc2ccc(=O)oc2cc1O. The number of Topliss-reactive ketones (excluding diaryl/α,β-unsaturated/α-hetero) is 1. The fourth-order valence-electron chi connectivity index (χ4n) is 1.81. The summed E-state index contributed by atoms with van der Waals surface area (Å²) in [5.74, 6) is -0.0422. The molecule has 0 amide bonds. The molecule has 2 rings (SSSR count). The second kappa shape index (κ2) is 4.64. The van der Waals surface area contributed by atoms with E-state index in [1.807, 2.05) is 13.8 Å². The van der Waals surface area contributed by atoms with Crippen LogP contribution < -0.4 is 5.63 Å². The smallest absolute Gasteiger partial charge is 0.336 e. The lowest BCUT2D eigenvalue weighted by molar-refractivity contribution is 0.0965. The number of carbonyl (C=O) groups is 1. The van der Waals surface area contributed by atoms with Crippen molar-refractivity contribution in [1.82, 2.24) is 0 Å². The standard InChI is InChI=1S/C14H14O4/c1-8(2)5-11(15)10-6-9-3-4-14(17)18-13(9)7-12(10)16/h3-4,6-8,16H,5H2,1-2H3. The van der Waals surface area contributed by atoms with Gasteiger partial charge in [-0.15, -0.1) is 0 Å². The van der Waals surface area contributed by atoms with Crippen LogP contribution in [-0.2, 0) is 0 Å². The predicted octanol–water partition coefficient (Wildman–Crippen LogP) is 2.73. The highest BCUT2D eigenvalue weighted by Crippen LogP contribution is 2.26. The Morgan fingerprint density at radius 1 is 1.33 bits per heavy atom. The summed E-state index contributed by atoms with van der Waals surface area (Å²) < 4.78 is 4.93. The Bertz CT molecular complexity index is 652. The maximum Gasteiger partial charge on any atom is 0.336 e. The Balaban J connectivity index is 2.53. The molecule has 0 radical (unpaired) electrons. The van der Waals surface area contributed by atoms with Crippen molar-refractivity contribution in [3.05, 3.63) is 40.2 Å². The van der Waals surface area contributed by atoms with Gasteiger partial charge < -0.3 is 9.52 Å². The Labute approximate surface area is 104 Å². The molecule has 0 saturated carbocycles. The molecule has 4 heteroatoms. The second-order valence-corrected chi connectivity index (χ2v) is 4.68. The first-order chi connectivity index (χ1) is 8.47. The zero-order valence-electron chi connectivity index (χ0n) is 10.3. The van der Waals surface area contributed by atoms with Gasteiger partial charge in [-0.05, 0) is 18.1 Å². The van der Waals surface area contributed by atoms with E-state index in [0.717, 1.165) is 0 Å². The molecule has 0 bridgehead atoms. The molecule has 0 spiro atoms. The summed E-state index contributed by atoms with van der Waals surface area (Å²) >= 11 is 0. The third-order valence-electron chi connectivity index (χ3n) is 2.63. The van der Waals surface area contributed by atoms with Crippen molar-refractivity contribution in [2.45, 2.75) is 20.3 Å². The van der Waals surface area contributed by atoms with Crippen LogP contribution in [0.3, 0.4) is 0 Å². The number of phenols is 1. The van der Waals surface area contributed by atoms with E-state index in [9.17, 15) is 14.7 Å². The van der Waals surface area contributed by atoms with Crippen LogP contribution in [0.25, 0.3) is 11.0 Å². The summed E-state index contributed by atoms with van der Waals surface area (Å²) in [6, 6.07) is 5.73. The number of carbonyl (C=O) groups excluding carboxylic acids is 1. The van der Waals surface area contributed by atoms with Gasteiger partial charge in [0.15, 0.2) is 5.78 Å². The lowest BCUT2D eigenvalue weighted by Crippen LogP contribution is -2.04. The van der Waals surface area contributed by atoms with E-state index in [1.165, 1.54) is 12.1 Å². The van der Waals surface area contributed by atoms with Crippen LogP contribution in [0.2, 0.25) is 0 Å². The monoisotopic (exact) mass is 246 g/mol. The molecule has 0 fully saturated rings. The first-order valence-electron chi connectivity index (χ1n) is 5.77. The van der Waals surface area contributed by atoms with E-state index in [-0.39, 0.29) is 28.6 Å². The van der Waals surface area contributed by atoms with Crippen molar-refractivity contribution in [1.29, 1.82) is 0 Å². The quantitative estimate of drug-likeness (QED) is 0.668. The van der Waals surface area contributed by atoms with Crippen molar-refractivity contribution in [2.24, 2.45) is 5.92 Å². The molecule has 0 aliphatic carbocycles. The summed E-state index contributed by atoms with van der Waals surface area (Å²) in [5.41, 5.74) is 0.0642. The lowest BCUT2D eigenvalue weighted by atomic mass is 9.99. The van der Waals surface area contributed by atoms with Crippen LogP contribution in [0.5, 0.6) is 5.75 Å². The van der Waals surface area contributed by atoms with Gasteiger partial charge in [-0.3, -0.25) is 4.79 Å².